The molecule has 1 aliphatic heterocycles. The third-order valence-corrected chi connectivity index (χ3v) is 6.16. The molecule has 1 aliphatic rings. The van der Waals surface area contributed by atoms with E-state index in [2.05, 4.69) is 5.32 Å². The number of carbonyl (C=O) groups excluding carboxylic acids is 2. The van der Waals surface area contributed by atoms with Crippen LogP contribution in [0, 0.1) is 6.92 Å². The standard InChI is InChI=1S/C28H24N2O4/c1-18-25(32)22-12-6-13-23(27(22)34-26(18)20-9-3-2-4-10-20)28(33)29-21-11-5-8-19(16-21)17-30-15-7-14-24(30)31/h2-6,8-13,16H,7,14-15,17H2,1H3,(H,29,33). The van der Waals surface area contributed by atoms with Crippen LogP contribution in [-0.2, 0) is 11.3 Å². The summed E-state index contributed by atoms with van der Waals surface area (Å²) in [5.74, 6) is 0.242. The van der Waals surface area contributed by atoms with Crippen molar-refractivity contribution in [2.24, 2.45) is 0 Å². The van der Waals surface area contributed by atoms with Crippen LogP contribution in [-0.4, -0.2) is 23.3 Å². The highest BCUT2D eigenvalue weighted by Crippen LogP contribution is 2.28. The zero-order chi connectivity index (χ0) is 23.7. The second-order valence-electron chi connectivity index (χ2n) is 8.51. The Balaban J connectivity index is 1.48. The molecule has 5 rings (SSSR count). The van der Waals surface area contributed by atoms with E-state index in [1.54, 1.807) is 31.2 Å². The summed E-state index contributed by atoms with van der Waals surface area (Å²) >= 11 is 0. The number of rotatable bonds is 5. The van der Waals surface area contributed by atoms with Crippen LogP contribution in [0.3, 0.4) is 0 Å². The van der Waals surface area contributed by atoms with Gasteiger partial charge in [-0.25, -0.2) is 0 Å². The number of amides is 2. The van der Waals surface area contributed by atoms with Crippen LogP contribution >= 0.6 is 0 Å². The van der Waals surface area contributed by atoms with Gasteiger partial charge in [-0.3, -0.25) is 14.4 Å². The minimum atomic E-state index is -0.369. The van der Waals surface area contributed by atoms with E-state index in [4.69, 9.17) is 4.42 Å². The summed E-state index contributed by atoms with van der Waals surface area (Å²) in [6, 6.07) is 21.9. The molecular weight excluding hydrogens is 428 g/mol. The number of nitrogens with one attached hydrogen (secondary N) is 1. The van der Waals surface area contributed by atoms with Crippen molar-refractivity contribution in [2.45, 2.75) is 26.3 Å². The van der Waals surface area contributed by atoms with Crippen LogP contribution in [0.25, 0.3) is 22.3 Å². The van der Waals surface area contributed by atoms with E-state index in [1.165, 1.54) is 0 Å². The lowest BCUT2D eigenvalue weighted by Gasteiger charge is -2.16. The summed E-state index contributed by atoms with van der Waals surface area (Å²) in [6.07, 6.45) is 1.47. The van der Waals surface area contributed by atoms with Gasteiger partial charge in [0.2, 0.25) is 5.91 Å². The van der Waals surface area contributed by atoms with Crippen molar-refractivity contribution >= 4 is 28.5 Å². The Hall–Kier alpha value is -4.19. The fraction of sp³-hybridized carbons (Fsp3) is 0.179. The number of para-hydroxylation sites is 1. The lowest BCUT2D eigenvalue weighted by atomic mass is 10.0. The second-order valence-corrected chi connectivity index (χ2v) is 8.51. The van der Waals surface area contributed by atoms with E-state index in [-0.39, 0.29) is 28.4 Å². The molecule has 6 nitrogen and oxygen atoms in total. The molecule has 0 radical (unpaired) electrons. The summed E-state index contributed by atoms with van der Waals surface area (Å²) < 4.78 is 6.17. The molecule has 1 aromatic heterocycles. The Labute approximate surface area is 196 Å². The number of benzene rings is 3. The number of carbonyl (C=O) groups is 2. The van der Waals surface area contributed by atoms with Crippen LogP contribution in [0.5, 0.6) is 0 Å². The Kier molecular flexibility index (Phi) is 5.72. The van der Waals surface area contributed by atoms with Crippen molar-refractivity contribution in [1.82, 2.24) is 4.90 Å². The van der Waals surface area contributed by atoms with Gasteiger partial charge in [0.05, 0.1) is 10.9 Å². The molecule has 4 aromatic rings. The number of fused-ring (bicyclic) bond motifs is 1. The van der Waals surface area contributed by atoms with Gasteiger partial charge < -0.3 is 14.6 Å². The smallest absolute Gasteiger partial charge is 0.259 e. The third-order valence-electron chi connectivity index (χ3n) is 6.16. The number of likely N-dealkylation sites (tertiary alicyclic amines) is 1. The minimum absolute atomic E-state index is 0.157. The maximum Gasteiger partial charge on any atom is 0.259 e. The number of hydrogen-bond donors (Lipinski definition) is 1. The molecule has 0 aliphatic carbocycles. The van der Waals surface area contributed by atoms with E-state index in [0.29, 0.717) is 35.4 Å². The molecule has 2 heterocycles. The lowest BCUT2D eigenvalue weighted by Crippen LogP contribution is -2.23. The summed E-state index contributed by atoms with van der Waals surface area (Å²) in [4.78, 5) is 40.1. The van der Waals surface area contributed by atoms with Gasteiger partial charge in [-0.1, -0.05) is 48.5 Å². The monoisotopic (exact) mass is 452 g/mol. The van der Waals surface area contributed by atoms with E-state index in [0.717, 1.165) is 24.1 Å². The van der Waals surface area contributed by atoms with Crippen molar-refractivity contribution < 1.29 is 14.0 Å². The van der Waals surface area contributed by atoms with Crippen molar-refractivity contribution in [3.8, 4) is 11.3 Å². The molecular formula is C28H24N2O4. The normalized spacial score (nSPS) is 13.4. The Morgan fingerprint density at radius 3 is 2.56 bits per heavy atom. The van der Waals surface area contributed by atoms with E-state index in [9.17, 15) is 14.4 Å². The number of nitrogens with zero attached hydrogens (tertiary/aromatic N) is 1. The van der Waals surface area contributed by atoms with Crippen LogP contribution < -0.4 is 10.7 Å². The predicted octanol–water partition coefficient (Wildman–Crippen LogP) is 5.14. The zero-order valence-corrected chi connectivity index (χ0v) is 18.8. The van der Waals surface area contributed by atoms with Gasteiger partial charge in [0.1, 0.15) is 5.76 Å². The molecule has 170 valence electrons. The first-order valence-electron chi connectivity index (χ1n) is 11.3. The van der Waals surface area contributed by atoms with Crippen molar-refractivity contribution in [3.05, 3.63) is 99.7 Å². The van der Waals surface area contributed by atoms with Gasteiger partial charge in [-0.05, 0) is 43.2 Å². The van der Waals surface area contributed by atoms with Gasteiger partial charge in [0.25, 0.3) is 5.91 Å². The molecule has 2 amide bonds. The van der Waals surface area contributed by atoms with Crippen LogP contribution in [0.4, 0.5) is 5.69 Å². The van der Waals surface area contributed by atoms with Crippen molar-refractivity contribution in [3.63, 3.8) is 0 Å². The topological polar surface area (TPSA) is 79.6 Å². The highest BCUT2D eigenvalue weighted by atomic mass is 16.3. The quantitative estimate of drug-likeness (QED) is 0.455. The lowest BCUT2D eigenvalue weighted by molar-refractivity contribution is -0.128. The third kappa shape index (κ3) is 4.10. The SMILES string of the molecule is Cc1c(-c2ccccc2)oc2c(C(=O)Nc3cccc(CN4CCCC4=O)c3)cccc2c1=O. The molecule has 1 saturated heterocycles. The van der Waals surface area contributed by atoms with Crippen molar-refractivity contribution in [1.29, 1.82) is 0 Å². The average molecular weight is 453 g/mol. The van der Waals surface area contributed by atoms with Gasteiger partial charge in [-0.2, -0.15) is 0 Å². The summed E-state index contributed by atoms with van der Waals surface area (Å²) in [7, 11) is 0. The van der Waals surface area contributed by atoms with Gasteiger partial charge >= 0.3 is 0 Å². The van der Waals surface area contributed by atoms with E-state index >= 15 is 0 Å². The largest absolute Gasteiger partial charge is 0.455 e. The Bertz CT molecular complexity index is 1460. The maximum atomic E-state index is 13.2. The summed E-state index contributed by atoms with van der Waals surface area (Å²) in [5.41, 5.74) is 3.22. The molecule has 34 heavy (non-hydrogen) atoms. The highest BCUT2D eigenvalue weighted by Gasteiger charge is 2.21. The van der Waals surface area contributed by atoms with Crippen molar-refractivity contribution in [2.75, 3.05) is 11.9 Å². The van der Waals surface area contributed by atoms with Gasteiger partial charge in [0, 0.05) is 36.3 Å². The Morgan fingerprint density at radius 2 is 1.79 bits per heavy atom. The van der Waals surface area contributed by atoms with E-state index < -0.39 is 0 Å². The maximum absolute atomic E-state index is 13.2. The predicted molar refractivity (Wildman–Crippen MR) is 132 cm³/mol. The summed E-state index contributed by atoms with van der Waals surface area (Å²) in [5, 5.41) is 3.28. The first kappa shape index (κ1) is 21.6. The fourth-order valence-corrected chi connectivity index (χ4v) is 4.39. The second kappa shape index (κ2) is 8.98. The molecule has 1 N–H and O–H groups in total. The number of anilines is 1. The molecule has 0 spiro atoms. The molecule has 0 saturated carbocycles. The molecule has 3 aromatic carbocycles. The highest BCUT2D eigenvalue weighted by molar-refractivity contribution is 6.11. The summed E-state index contributed by atoms with van der Waals surface area (Å²) in [6.45, 7) is 3.01. The van der Waals surface area contributed by atoms with Crippen LogP contribution in [0.15, 0.2) is 82.0 Å². The van der Waals surface area contributed by atoms with Crippen LogP contribution in [0.2, 0.25) is 0 Å². The van der Waals surface area contributed by atoms with Gasteiger partial charge in [0.15, 0.2) is 11.0 Å². The Morgan fingerprint density at radius 1 is 1.00 bits per heavy atom. The minimum Gasteiger partial charge on any atom is -0.455 e. The van der Waals surface area contributed by atoms with E-state index in [1.807, 2.05) is 53.4 Å². The van der Waals surface area contributed by atoms with Crippen LogP contribution in [0.1, 0.15) is 34.3 Å². The average Bonchev–Trinajstić information content (AvgIpc) is 3.25. The number of hydrogen-bond acceptors (Lipinski definition) is 4. The molecule has 0 atom stereocenters. The van der Waals surface area contributed by atoms with Gasteiger partial charge in [-0.15, -0.1) is 0 Å². The molecule has 1 fully saturated rings. The first-order valence-corrected chi connectivity index (χ1v) is 11.3. The molecule has 0 unspecified atom stereocenters. The molecule has 0 bridgehead atoms. The fourth-order valence-electron chi connectivity index (χ4n) is 4.39. The zero-order valence-electron chi connectivity index (χ0n) is 18.8. The first-order chi connectivity index (χ1) is 16.5. The molecule has 6 heteroatoms.